The third kappa shape index (κ3) is 1.49. The topological polar surface area (TPSA) is 27.0 Å². The summed E-state index contributed by atoms with van der Waals surface area (Å²) >= 11 is 0. The second-order valence-corrected chi connectivity index (χ2v) is 5.56. The van der Waals surface area contributed by atoms with Gasteiger partial charge in [-0.15, -0.1) is 0 Å². The first-order valence-corrected chi connectivity index (χ1v) is 6.54. The number of hydrogen-bond acceptors (Lipinski definition) is 2. The molecule has 0 amide bonds. The van der Waals surface area contributed by atoms with E-state index in [9.17, 15) is 5.26 Å². The van der Waals surface area contributed by atoms with Crippen molar-refractivity contribution in [2.24, 2.45) is 17.8 Å². The molecule has 1 aliphatic heterocycles. The Hall–Kier alpha value is -0.550. The molecule has 3 aliphatic carbocycles. The fourth-order valence-electron chi connectivity index (χ4n) is 4.16. The fourth-order valence-corrected chi connectivity index (χ4v) is 4.16. The number of fused-ring (bicyclic) bond motifs is 3. The van der Waals surface area contributed by atoms with Gasteiger partial charge in [-0.25, -0.2) is 0 Å². The van der Waals surface area contributed by atoms with Gasteiger partial charge in [-0.05, 0) is 63.5 Å². The van der Waals surface area contributed by atoms with Crippen LogP contribution in [0.15, 0.2) is 0 Å². The van der Waals surface area contributed by atoms with Crippen LogP contribution in [0, 0.1) is 29.1 Å². The van der Waals surface area contributed by atoms with Crippen LogP contribution in [0.3, 0.4) is 0 Å². The lowest BCUT2D eigenvalue weighted by Gasteiger charge is -2.49. The summed E-state index contributed by atoms with van der Waals surface area (Å²) in [6, 6.07) is 3.25. The molecule has 0 aromatic carbocycles. The molecule has 2 heteroatoms. The van der Waals surface area contributed by atoms with E-state index < -0.39 is 0 Å². The van der Waals surface area contributed by atoms with Crippen LogP contribution in [0.4, 0.5) is 0 Å². The van der Waals surface area contributed by atoms with E-state index in [1.54, 1.807) is 0 Å². The highest BCUT2D eigenvalue weighted by Crippen LogP contribution is 2.47. The minimum absolute atomic E-state index is 0.357. The van der Waals surface area contributed by atoms with Crippen molar-refractivity contribution in [3.8, 4) is 6.07 Å². The molecular weight excluding hydrogens is 184 g/mol. The summed E-state index contributed by atoms with van der Waals surface area (Å²) in [5, 5.41) is 9.37. The second-order valence-electron chi connectivity index (χ2n) is 5.56. The van der Waals surface area contributed by atoms with E-state index in [0.717, 1.165) is 11.8 Å². The van der Waals surface area contributed by atoms with Crippen molar-refractivity contribution in [1.82, 2.24) is 4.90 Å². The summed E-state index contributed by atoms with van der Waals surface area (Å²) in [5.74, 6) is 1.93. The molecule has 0 radical (unpaired) electrons. The van der Waals surface area contributed by atoms with Crippen LogP contribution < -0.4 is 0 Å². The van der Waals surface area contributed by atoms with Gasteiger partial charge < -0.3 is 0 Å². The van der Waals surface area contributed by atoms with Crippen LogP contribution >= 0.6 is 0 Å². The van der Waals surface area contributed by atoms with E-state index in [1.807, 2.05) is 0 Å². The van der Waals surface area contributed by atoms with Crippen molar-refractivity contribution in [1.29, 1.82) is 5.26 Å². The molecular formula is C13H20N2. The van der Waals surface area contributed by atoms with Gasteiger partial charge in [0.15, 0.2) is 0 Å². The van der Waals surface area contributed by atoms with Crippen molar-refractivity contribution < 1.29 is 0 Å². The minimum Gasteiger partial charge on any atom is -0.299 e. The molecule has 2 nitrogen and oxygen atoms in total. The van der Waals surface area contributed by atoms with Gasteiger partial charge in [0.2, 0.25) is 0 Å². The predicted octanol–water partition coefficient (Wildman–Crippen LogP) is 2.41. The standard InChI is InChI=1S/C13H20N2/c14-9-12-10-3-5-11(6-4-10)13(12)15-7-1-2-8-15/h10-13H,1-8H2/t10?,11?,12-,13+/m0/s1. The molecule has 82 valence electrons. The summed E-state index contributed by atoms with van der Waals surface area (Å²) < 4.78 is 0. The van der Waals surface area contributed by atoms with Crippen molar-refractivity contribution in [3.05, 3.63) is 0 Å². The van der Waals surface area contributed by atoms with Crippen molar-refractivity contribution in [3.63, 3.8) is 0 Å². The quantitative estimate of drug-likeness (QED) is 0.656. The minimum atomic E-state index is 0.357. The van der Waals surface area contributed by atoms with E-state index in [2.05, 4.69) is 11.0 Å². The smallest absolute Gasteiger partial charge is 0.0675 e. The molecule has 1 saturated heterocycles. The van der Waals surface area contributed by atoms with Crippen LogP contribution in [0.1, 0.15) is 38.5 Å². The predicted molar refractivity (Wildman–Crippen MR) is 59.1 cm³/mol. The van der Waals surface area contributed by atoms with Gasteiger partial charge in [-0.1, -0.05) is 0 Å². The molecule has 4 aliphatic rings. The van der Waals surface area contributed by atoms with Gasteiger partial charge in [0.05, 0.1) is 12.0 Å². The number of likely N-dealkylation sites (tertiary alicyclic amines) is 1. The van der Waals surface area contributed by atoms with Gasteiger partial charge in [0.25, 0.3) is 0 Å². The van der Waals surface area contributed by atoms with Gasteiger partial charge in [0.1, 0.15) is 0 Å². The molecule has 0 unspecified atom stereocenters. The van der Waals surface area contributed by atoms with Gasteiger partial charge in [-0.2, -0.15) is 5.26 Å². The van der Waals surface area contributed by atoms with E-state index in [4.69, 9.17) is 0 Å². The Labute approximate surface area is 92.3 Å². The SMILES string of the molecule is N#C[C@H]1C2CCC(CC2)[C@H]1N1CCCC1. The summed E-state index contributed by atoms with van der Waals surface area (Å²) in [5.41, 5.74) is 0. The first kappa shape index (κ1) is 9.66. The molecule has 0 aromatic rings. The first-order valence-electron chi connectivity index (χ1n) is 6.54. The van der Waals surface area contributed by atoms with Crippen molar-refractivity contribution in [2.75, 3.05) is 13.1 Å². The monoisotopic (exact) mass is 204 g/mol. The highest BCUT2D eigenvalue weighted by molar-refractivity contribution is 5.06. The van der Waals surface area contributed by atoms with Crippen LogP contribution in [0.25, 0.3) is 0 Å². The lowest BCUT2D eigenvalue weighted by atomic mass is 9.61. The summed E-state index contributed by atoms with van der Waals surface area (Å²) in [6.07, 6.45) is 8.15. The van der Waals surface area contributed by atoms with Gasteiger partial charge >= 0.3 is 0 Å². The zero-order chi connectivity index (χ0) is 10.3. The molecule has 1 heterocycles. The van der Waals surface area contributed by atoms with E-state index in [0.29, 0.717) is 12.0 Å². The van der Waals surface area contributed by atoms with E-state index in [-0.39, 0.29) is 0 Å². The maximum atomic E-state index is 9.37. The number of nitrogens with zero attached hydrogens (tertiary/aromatic N) is 2. The van der Waals surface area contributed by atoms with Gasteiger partial charge in [-0.3, -0.25) is 4.90 Å². The highest BCUT2D eigenvalue weighted by atomic mass is 15.2. The highest BCUT2D eigenvalue weighted by Gasteiger charge is 2.46. The number of hydrogen-bond donors (Lipinski definition) is 0. The van der Waals surface area contributed by atoms with Gasteiger partial charge in [0, 0.05) is 6.04 Å². The maximum absolute atomic E-state index is 9.37. The molecule has 4 rings (SSSR count). The van der Waals surface area contributed by atoms with E-state index >= 15 is 0 Å². The Balaban J connectivity index is 1.82. The first-order chi connectivity index (χ1) is 7.40. The Kier molecular flexibility index (Phi) is 2.44. The molecule has 15 heavy (non-hydrogen) atoms. The van der Waals surface area contributed by atoms with Crippen LogP contribution in [0.5, 0.6) is 0 Å². The van der Waals surface area contributed by atoms with Crippen LogP contribution in [-0.4, -0.2) is 24.0 Å². The van der Waals surface area contributed by atoms with Crippen LogP contribution in [0.2, 0.25) is 0 Å². The lowest BCUT2D eigenvalue weighted by Crippen LogP contribution is -2.52. The summed E-state index contributed by atoms with van der Waals surface area (Å²) in [4.78, 5) is 2.63. The average molecular weight is 204 g/mol. The maximum Gasteiger partial charge on any atom is 0.0675 e. The second kappa shape index (κ2) is 3.79. The zero-order valence-electron chi connectivity index (χ0n) is 9.36. The fraction of sp³-hybridized carbons (Fsp3) is 0.923. The molecule has 0 N–H and O–H groups in total. The summed E-state index contributed by atoms with van der Waals surface area (Å²) in [6.45, 7) is 2.51. The molecule has 4 fully saturated rings. The Morgan fingerprint density at radius 3 is 2.13 bits per heavy atom. The number of rotatable bonds is 1. The Morgan fingerprint density at radius 1 is 0.933 bits per heavy atom. The number of nitriles is 1. The summed E-state index contributed by atoms with van der Waals surface area (Å²) in [7, 11) is 0. The molecule has 0 spiro atoms. The Morgan fingerprint density at radius 2 is 1.53 bits per heavy atom. The third-order valence-electron chi connectivity index (χ3n) is 4.89. The molecule has 2 atom stereocenters. The molecule has 2 bridgehead atoms. The lowest BCUT2D eigenvalue weighted by molar-refractivity contribution is 0.0122. The normalized spacial score (nSPS) is 45.5. The van der Waals surface area contributed by atoms with E-state index in [1.165, 1.54) is 51.6 Å². The zero-order valence-corrected chi connectivity index (χ0v) is 9.36. The largest absolute Gasteiger partial charge is 0.299 e. The molecule has 3 saturated carbocycles. The van der Waals surface area contributed by atoms with Crippen molar-refractivity contribution in [2.45, 2.75) is 44.6 Å². The van der Waals surface area contributed by atoms with Crippen molar-refractivity contribution >= 4 is 0 Å². The third-order valence-corrected chi connectivity index (χ3v) is 4.89. The van der Waals surface area contributed by atoms with Crippen LogP contribution in [-0.2, 0) is 0 Å². The average Bonchev–Trinajstić information content (AvgIpc) is 2.82. The Bertz CT molecular complexity index is 265. The molecule has 0 aromatic heterocycles.